The minimum absolute atomic E-state index is 0.108. The van der Waals surface area contributed by atoms with Crippen molar-refractivity contribution in [3.63, 3.8) is 0 Å². The third kappa shape index (κ3) is 3.05. The molecule has 0 fully saturated rings. The van der Waals surface area contributed by atoms with Gasteiger partial charge in [-0.2, -0.15) is 0 Å². The van der Waals surface area contributed by atoms with E-state index in [-0.39, 0.29) is 23.4 Å². The summed E-state index contributed by atoms with van der Waals surface area (Å²) in [6.07, 6.45) is -4.11. The first-order chi connectivity index (χ1) is 5.00. The summed E-state index contributed by atoms with van der Waals surface area (Å²) in [6.45, 7) is 0. The molecule has 0 aromatic rings. The van der Waals surface area contributed by atoms with Crippen LogP contribution in [-0.4, -0.2) is 62.9 Å². The van der Waals surface area contributed by atoms with Gasteiger partial charge in [-0.05, 0) is 0 Å². The molecule has 0 saturated carbocycles. The number of aliphatic hydroxyl groups is 2. The fourth-order valence-electron chi connectivity index (χ4n) is 0.334. The first-order valence-electron chi connectivity index (χ1n) is 2.50. The Morgan fingerprint density at radius 1 is 1.27 bits per heavy atom. The summed E-state index contributed by atoms with van der Waals surface area (Å²) in [4.78, 5) is 20.3. The fraction of sp³-hybridized carbons (Fsp3) is 0.500. The summed E-state index contributed by atoms with van der Waals surface area (Å²) in [5.74, 6) is -2.79. The van der Waals surface area contributed by atoms with Crippen LogP contribution in [0.4, 0.5) is 0 Å². The average molecular weight is 273 g/mol. The van der Waals surface area contributed by atoms with Crippen LogP contribution in [0.5, 0.6) is 0 Å². The Morgan fingerprint density at radius 3 is 2.00 bits per heavy atom. The predicted octanol–water partition coefficient (Wildman–Crippen LogP) is -3.12. The van der Waals surface area contributed by atoms with E-state index in [0.717, 1.165) is 0 Å². The number of aliphatic carboxylic acids is 1. The molecule has 64 valence electrons. The number of carbonyl (C=O) groups excluding carboxylic acids is 1. The van der Waals surface area contributed by atoms with E-state index in [4.69, 9.17) is 15.3 Å². The minimum atomic E-state index is -2.12. The van der Waals surface area contributed by atoms with Crippen LogP contribution in [0.15, 0.2) is 0 Å². The third-order valence-electron chi connectivity index (χ3n) is 0.910. The van der Waals surface area contributed by atoms with Gasteiger partial charge in [-0.25, -0.2) is 0 Å². The second-order valence-corrected chi connectivity index (χ2v) is 2.34. The number of hydrogen-bond acceptors (Lipinski definition) is 5. The van der Waals surface area contributed by atoms with Gasteiger partial charge in [0.05, 0.1) is 0 Å². The summed E-state index contributed by atoms with van der Waals surface area (Å²) < 4.78 is 4.10. The molecule has 0 aromatic heterocycles. The molecule has 0 aromatic carbocycles. The summed E-state index contributed by atoms with van der Waals surface area (Å²) in [5.41, 5.74) is 0. The van der Waals surface area contributed by atoms with Crippen LogP contribution in [0.3, 0.4) is 0 Å². The van der Waals surface area contributed by atoms with Crippen molar-refractivity contribution >= 4 is 35.4 Å². The zero-order chi connectivity index (χ0) is 9.02. The summed E-state index contributed by atoms with van der Waals surface area (Å²) in [5, 5.41) is 25.3. The summed E-state index contributed by atoms with van der Waals surface area (Å²) in [7, 11) is 0. The van der Waals surface area contributed by atoms with Crippen molar-refractivity contribution in [3.05, 3.63) is 0 Å². The Kier molecular flexibility index (Phi) is 4.40. The van der Waals surface area contributed by atoms with Crippen LogP contribution in [0.1, 0.15) is 0 Å². The standard InChI is InChI=1S/C4H6O6.Sb.2H/c5-1(3(7)8)2(6)4(9)10;;;/h1-2,5-6H,(H,7,8)(H,9,10);;;/q;+1;;/p-1/t1-,2-;;;/m0.../s1. The van der Waals surface area contributed by atoms with E-state index in [0.29, 0.717) is 0 Å². The zero-order valence-electron chi connectivity index (χ0n) is 5.30. The van der Waals surface area contributed by atoms with Crippen LogP contribution in [-0.2, 0) is 12.6 Å². The van der Waals surface area contributed by atoms with Gasteiger partial charge in [-0.3, -0.25) is 0 Å². The van der Waals surface area contributed by atoms with Crippen molar-refractivity contribution in [2.75, 3.05) is 0 Å². The molecule has 7 heteroatoms. The number of aliphatic hydroxyl groups excluding tert-OH is 2. The van der Waals surface area contributed by atoms with Gasteiger partial charge in [0.2, 0.25) is 0 Å². The topological polar surface area (TPSA) is 104 Å². The van der Waals surface area contributed by atoms with Gasteiger partial charge in [0, 0.05) is 0 Å². The van der Waals surface area contributed by atoms with E-state index in [9.17, 15) is 9.59 Å². The normalized spacial score (nSPS) is 15.2. The van der Waals surface area contributed by atoms with E-state index in [1.54, 1.807) is 0 Å². The Morgan fingerprint density at radius 2 is 1.73 bits per heavy atom. The molecule has 0 saturated heterocycles. The molecule has 0 aliphatic heterocycles. The van der Waals surface area contributed by atoms with Crippen LogP contribution in [0, 0.1) is 0 Å². The number of rotatable bonds is 3. The molecule has 0 radical (unpaired) electrons. The van der Waals surface area contributed by atoms with Gasteiger partial charge in [0.25, 0.3) is 0 Å². The summed E-state index contributed by atoms with van der Waals surface area (Å²) in [6, 6.07) is 0. The second kappa shape index (κ2) is 4.53. The first kappa shape index (κ1) is 10.7. The first-order valence-corrected chi connectivity index (χ1v) is 3.84. The Bertz CT molecular complexity index is 168. The molecule has 11 heavy (non-hydrogen) atoms. The second-order valence-electron chi connectivity index (χ2n) is 1.66. The van der Waals surface area contributed by atoms with Crippen LogP contribution in [0.25, 0.3) is 0 Å². The summed E-state index contributed by atoms with van der Waals surface area (Å²) >= 11 is 0.108. The van der Waals surface area contributed by atoms with E-state index >= 15 is 0 Å². The molecule has 0 aliphatic carbocycles. The molecule has 0 aliphatic rings. The maximum atomic E-state index is 10.4. The number of hydrogen-bond donors (Lipinski definition) is 3. The molecule has 0 spiro atoms. The molecule has 2 atom stereocenters. The third-order valence-corrected chi connectivity index (χ3v) is 1.57. The maximum absolute atomic E-state index is 10.4. The Labute approximate surface area is 75.8 Å². The zero-order valence-corrected chi connectivity index (χ0v) is 8.59. The van der Waals surface area contributed by atoms with Gasteiger partial charge in [0.15, 0.2) is 0 Å². The van der Waals surface area contributed by atoms with Gasteiger partial charge < -0.3 is 0 Å². The fourth-order valence-corrected chi connectivity index (χ4v) is 0.732. The van der Waals surface area contributed by atoms with Gasteiger partial charge in [-0.15, -0.1) is 0 Å². The number of carboxylic acid groups (broad SMARTS) is 1. The monoisotopic (exact) mass is 272 g/mol. The van der Waals surface area contributed by atoms with Crippen molar-refractivity contribution in [3.8, 4) is 0 Å². The molecule has 0 heterocycles. The van der Waals surface area contributed by atoms with E-state index < -0.39 is 24.1 Å². The van der Waals surface area contributed by atoms with Gasteiger partial charge in [-0.1, -0.05) is 0 Å². The predicted molar refractivity (Wildman–Crippen MR) is 34.3 cm³/mol. The molecule has 0 bridgehead atoms. The molecular formula is C4H7O6Sb. The van der Waals surface area contributed by atoms with E-state index in [2.05, 4.69) is 3.02 Å². The number of carboxylic acids is 1. The molecule has 0 rings (SSSR count). The molecule has 0 amide bonds. The van der Waals surface area contributed by atoms with E-state index in [1.807, 2.05) is 0 Å². The van der Waals surface area contributed by atoms with Gasteiger partial charge in [0.1, 0.15) is 0 Å². The average Bonchev–Trinajstić information content (AvgIpc) is 2.00. The van der Waals surface area contributed by atoms with Crippen molar-refractivity contribution in [1.29, 1.82) is 0 Å². The molecule has 0 unspecified atom stereocenters. The van der Waals surface area contributed by atoms with Crippen molar-refractivity contribution in [2.24, 2.45) is 0 Å². The molecular weight excluding hydrogens is 266 g/mol. The van der Waals surface area contributed by atoms with Crippen molar-refractivity contribution in [2.45, 2.75) is 12.2 Å². The SMILES string of the molecule is O=C(O)[C@@H](O)[C@H](O)C(=O)[O][SbH2]. The van der Waals surface area contributed by atoms with Gasteiger partial charge >= 0.3 is 75.5 Å². The van der Waals surface area contributed by atoms with Crippen molar-refractivity contribution < 1.29 is 27.9 Å². The quantitative estimate of drug-likeness (QED) is 0.470. The van der Waals surface area contributed by atoms with Crippen LogP contribution < -0.4 is 0 Å². The molecule has 3 N–H and O–H groups in total. The van der Waals surface area contributed by atoms with Crippen LogP contribution >= 0.6 is 0 Å². The number of carbonyl (C=O) groups is 2. The Balaban J connectivity index is 4.12. The van der Waals surface area contributed by atoms with Crippen LogP contribution in [0.2, 0.25) is 0 Å². The molecule has 6 nitrogen and oxygen atoms in total. The van der Waals surface area contributed by atoms with Crippen molar-refractivity contribution in [1.82, 2.24) is 0 Å². The van der Waals surface area contributed by atoms with E-state index in [1.165, 1.54) is 0 Å². The Hall–Kier alpha value is -0.322.